The van der Waals surface area contributed by atoms with E-state index in [0.29, 0.717) is 11.5 Å². The van der Waals surface area contributed by atoms with Crippen molar-refractivity contribution in [2.24, 2.45) is 0 Å². The first-order valence-electron chi connectivity index (χ1n) is 5.40. The second kappa shape index (κ2) is 5.68. The molecule has 17 heavy (non-hydrogen) atoms. The fourth-order valence-electron chi connectivity index (χ4n) is 1.91. The predicted molar refractivity (Wildman–Crippen MR) is 66.7 cm³/mol. The molecule has 0 saturated heterocycles. The average molecular weight is 237 g/mol. The number of ketones is 1. The second-order valence-corrected chi connectivity index (χ2v) is 4.08. The van der Waals surface area contributed by atoms with E-state index in [2.05, 4.69) is 0 Å². The monoisotopic (exact) mass is 237 g/mol. The van der Waals surface area contributed by atoms with Crippen LogP contribution in [0.2, 0.25) is 0 Å². The van der Waals surface area contributed by atoms with Crippen LogP contribution in [0, 0.1) is 0 Å². The molecule has 4 heteroatoms. The topological polar surface area (TPSA) is 38.8 Å². The van der Waals surface area contributed by atoms with Crippen molar-refractivity contribution >= 4 is 5.78 Å². The van der Waals surface area contributed by atoms with Crippen LogP contribution in [0.3, 0.4) is 0 Å². The van der Waals surface area contributed by atoms with Crippen LogP contribution in [-0.4, -0.2) is 39.0 Å². The number of carbonyl (C=O) groups is 1. The van der Waals surface area contributed by atoms with Gasteiger partial charge in [0.15, 0.2) is 5.78 Å². The van der Waals surface area contributed by atoms with Gasteiger partial charge < -0.3 is 9.47 Å². The lowest BCUT2D eigenvalue weighted by molar-refractivity contribution is -0.121. The summed E-state index contributed by atoms with van der Waals surface area (Å²) in [6, 6.07) is 5.15. The number of hydrogen-bond acceptors (Lipinski definition) is 4. The second-order valence-electron chi connectivity index (χ2n) is 4.08. The van der Waals surface area contributed by atoms with Crippen molar-refractivity contribution < 1.29 is 14.3 Å². The van der Waals surface area contributed by atoms with Crippen molar-refractivity contribution in [2.45, 2.75) is 13.0 Å². The van der Waals surface area contributed by atoms with Gasteiger partial charge in [-0.3, -0.25) is 9.69 Å². The molecule has 1 atom stereocenters. The molecule has 0 aliphatic carbocycles. The minimum atomic E-state index is -0.319. The van der Waals surface area contributed by atoms with E-state index in [4.69, 9.17) is 9.47 Å². The van der Waals surface area contributed by atoms with Crippen LogP contribution in [0.25, 0.3) is 0 Å². The summed E-state index contributed by atoms with van der Waals surface area (Å²) in [4.78, 5) is 13.6. The average Bonchev–Trinajstić information content (AvgIpc) is 2.28. The van der Waals surface area contributed by atoms with Crippen molar-refractivity contribution in [3.63, 3.8) is 0 Å². The fourth-order valence-corrected chi connectivity index (χ4v) is 1.91. The summed E-state index contributed by atoms with van der Waals surface area (Å²) in [6.45, 7) is 1.57. The lowest BCUT2D eigenvalue weighted by Crippen LogP contribution is -2.26. The number of likely N-dealkylation sites (N-methyl/N-ethyl adjacent to an activating group) is 1. The molecule has 0 radical (unpaired) electrons. The van der Waals surface area contributed by atoms with Crippen LogP contribution in [0.15, 0.2) is 18.2 Å². The maximum atomic E-state index is 11.7. The smallest absolute Gasteiger partial charge is 0.151 e. The summed E-state index contributed by atoms with van der Waals surface area (Å²) in [6.07, 6.45) is 0. The Hall–Kier alpha value is -1.55. The highest BCUT2D eigenvalue weighted by Crippen LogP contribution is 2.32. The third kappa shape index (κ3) is 2.97. The molecule has 1 unspecified atom stereocenters. The number of hydrogen-bond donors (Lipinski definition) is 0. The van der Waals surface area contributed by atoms with Gasteiger partial charge in [0.05, 0.1) is 20.3 Å². The molecular weight excluding hydrogens is 218 g/mol. The van der Waals surface area contributed by atoms with E-state index in [1.54, 1.807) is 21.1 Å². The normalized spacial score (nSPS) is 12.4. The zero-order valence-corrected chi connectivity index (χ0v) is 11.0. The van der Waals surface area contributed by atoms with Crippen LogP contribution < -0.4 is 9.47 Å². The highest BCUT2D eigenvalue weighted by atomic mass is 16.5. The summed E-state index contributed by atoms with van der Waals surface area (Å²) in [5.74, 6) is 1.48. The third-order valence-electron chi connectivity index (χ3n) is 2.63. The number of carbonyl (C=O) groups excluding carboxylic acids is 1. The molecule has 0 amide bonds. The van der Waals surface area contributed by atoms with E-state index in [9.17, 15) is 4.79 Å². The molecule has 4 nitrogen and oxygen atoms in total. The van der Waals surface area contributed by atoms with Crippen LogP contribution in [0.4, 0.5) is 0 Å². The van der Waals surface area contributed by atoms with Gasteiger partial charge in [0.2, 0.25) is 0 Å². The van der Waals surface area contributed by atoms with Gasteiger partial charge in [-0.05, 0) is 39.2 Å². The van der Waals surface area contributed by atoms with E-state index in [1.807, 2.05) is 37.2 Å². The molecule has 0 bridgehead atoms. The summed E-state index contributed by atoms with van der Waals surface area (Å²) >= 11 is 0. The lowest BCUT2D eigenvalue weighted by Gasteiger charge is -2.24. The Balaban J connectivity index is 3.28. The van der Waals surface area contributed by atoms with E-state index in [0.717, 1.165) is 5.56 Å². The molecule has 0 heterocycles. The molecule has 1 rings (SSSR count). The number of ether oxygens (including phenoxy) is 2. The molecule has 0 aromatic heterocycles. The van der Waals surface area contributed by atoms with Crippen LogP contribution in [0.5, 0.6) is 11.5 Å². The number of nitrogens with zero attached hydrogens (tertiary/aromatic N) is 1. The van der Waals surface area contributed by atoms with Crippen LogP contribution in [0.1, 0.15) is 18.5 Å². The van der Waals surface area contributed by atoms with E-state index < -0.39 is 0 Å². The standard InChI is InChI=1S/C13H19NO3/c1-9(15)13(14(2)3)11-8-10(16-4)6-7-12(11)17-5/h6-8,13H,1-5H3. The number of Topliss-reactive ketones (excluding diaryl/α,β-unsaturated/α-hetero) is 1. The molecule has 0 aliphatic heterocycles. The number of rotatable bonds is 5. The van der Waals surface area contributed by atoms with E-state index in [-0.39, 0.29) is 11.8 Å². The van der Waals surface area contributed by atoms with Crippen LogP contribution in [-0.2, 0) is 4.79 Å². The highest BCUT2D eigenvalue weighted by molar-refractivity contribution is 5.83. The predicted octanol–water partition coefficient (Wildman–Crippen LogP) is 1.90. The Labute approximate surface area is 102 Å². The Kier molecular flexibility index (Phi) is 4.52. The van der Waals surface area contributed by atoms with Crippen molar-refractivity contribution in [2.75, 3.05) is 28.3 Å². The quantitative estimate of drug-likeness (QED) is 0.784. The van der Waals surface area contributed by atoms with Gasteiger partial charge in [0, 0.05) is 5.56 Å². The molecule has 0 N–H and O–H groups in total. The SMILES string of the molecule is COc1ccc(OC)c(C(C(C)=O)N(C)C)c1. The fraction of sp³-hybridized carbons (Fsp3) is 0.462. The van der Waals surface area contributed by atoms with Gasteiger partial charge in [0.1, 0.15) is 11.5 Å². The summed E-state index contributed by atoms with van der Waals surface area (Å²) in [7, 11) is 6.93. The van der Waals surface area contributed by atoms with Gasteiger partial charge in [-0.1, -0.05) is 0 Å². The molecule has 1 aromatic rings. The van der Waals surface area contributed by atoms with Gasteiger partial charge in [0.25, 0.3) is 0 Å². The van der Waals surface area contributed by atoms with Crippen molar-refractivity contribution in [3.05, 3.63) is 23.8 Å². The number of methoxy groups -OCH3 is 2. The zero-order chi connectivity index (χ0) is 13.0. The van der Waals surface area contributed by atoms with Gasteiger partial charge in [-0.15, -0.1) is 0 Å². The summed E-state index contributed by atoms with van der Waals surface area (Å²) in [5.41, 5.74) is 0.823. The molecule has 1 aromatic carbocycles. The zero-order valence-electron chi connectivity index (χ0n) is 11.0. The minimum absolute atomic E-state index is 0.0709. The summed E-state index contributed by atoms with van der Waals surface area (Å²) in [5, 5.41) is 0. The Morgan fingerprint density at radius 3 is 2.29 bits per heavy atom. The molecule has 0 spiro atoms. The van der Waals surface area contributed by atoms with Gasteiger partial charge in [-0.25, -0.2) is 0 Å². The third-order valence-corrected chi connectivity index (χ3v) is 2.63. The Morgan fingerprint density at radius 2 is 1.88 bits per heavy atom. The van der Waals surface area contributed by atoms with E-state index >= 15 is 0 Å². The molecular formula is C13H19NO3. The highest BCUT2D eigenvalue weighted by Gasteiger charge is 2.23. The molecule has 94 valence electrons. The Bertz CT molecular complexity index is 402. The first kappa shape index (κ1) is 13.5. The maximum absolute atomic E-state index is 11.7. The van der Waals surface area contributed by atoms with Gasteiger partial charge in [-0.2, -0.15) is 0 Å². The first-order chi connectivity index (χ1) is 8.01. The minimum Gasteiger partial charge on any atom is -0.497 e. The summed E-state index contributed by atoms with van der Waals surface area (Å²) < 4.78 is 10.5. The lowest BCUT2D eigenvalue weighted by atomic mass is 10.0. The van der Waals surface area contributed by atoms with Crippen LogP contribution >= 0.6 is 0 Å². The van der Waals surface area contributed by atoms with Crippen molar-refractivity contribution in [1.29, 1.82) is 0 Å². The van der Waals surface area contributed by atoms with E-state index in [1.165, 1.54) is 0 Å². The van der Waals surface area contributed by atoms with Crippen molar-refractivity contribution in [3.8, 4) is 11.5 Å². The molecule has 0 saturated carbocycles. The first-order valence-corrected chi connectivity index (χ1v) is 5.40. The van der Waals surface area contributed by atoms with Gasteiger partial charge >= 0.3 is 0 Å². The van der Waals surface area contributed by atoms with Crippen molar-refractivity contribution in [1.82, 2.24) is 4.90 Å². The number of benzene rings is 1. The maximum Gasteiger partial charge on any atom is 0.151 e. The largest absolute Gasteiger partial charge is 0.497 e. The Morgan fingerprint density at radius 1 is 1.24 bits per heavy atom. The molecule has 0 aliphatic rings. The molecule has 0 fully saturated rings.